The van der Waals surface area contributed by atoms with Crippen LogP contribution < -0.4 is 16.0 Å². The molecule has 0 atom stereocenters. The summed E-state index contributed by atoms with van der Waals surface area (Å²) in [4.78, 5) is 36.3. The molecule has 9 nitrogen and oxygen atoms in total. The van der Waals surface area contributed by atoms with Crippen LogP contribution in [0.25, 0.3) is 0 Å². The van der Waals surface area contributed by atoms with Gasteiger partial charge in [-0.1, -0.05) is 36.4 Å². The maximum absolute atomic E-state index is 13.3. The molecule has 0 unspecified atom stereocenters. The average molecular weight is 481 g/mol. The van der Waals surface area contributed by atoms with E-state index in [1.165, 1.54) is 31.2 Å². The smallest absolute Gasteiger partial charge is 0.244 e. The summed E-state index contributed by atoms with van der Waals surface area (Å²) >= 11 is 0. The summed E-state index contributed by atoms with van der Waals surface area (Å²) in [5.74, 6) is -1.50. The molecule has 176 valence electrons. The zero-order valence-corrected chi connectivity index (χ0v) is 19.2. The number of anilines is 3. The molecule has 0 aliphatic carbocycles. The fourth-order valence-electron chi connectivity index (χ4n) is 3.05. The summed E-state index contributed by atoms with van der Waals surface area (Å²) in [5, 5.41) is 7.81. The Labute approximate surface area is 197 Å². The lowest BCUT2D eigenvalue weighted by molar-refractivity contribution is -0.118. The van der Waals surface area contributed by atoms with E-state index in [-0.39, 0.29) is 10.8 Å². The van der Waals surface area contributed by atoms with Gasteiger partial charge in [-0.05, 0) is 48.5 Å². The predicted molar refractivity (Wildman–Crippen MR) is 130 cm³/mol. The van der Waals surface area contributed by atoms with Crippen molar-refractivity contribution in [3.8, 4) is 0 Å². The molecular formula is C24H24N4O5S. The van der Waals surface area contributed by atoms with Crippen LogP contribution in [0, 0.1) is 0 Å². The lowest BCUT2D eigenvalue weighted by Gasteiger charge is -2.21. The minimum absolute atomic E-state index is 0.123. The highest BCUT2D eigenvalue weighted by Gasteiger charge is 2.29. The molecule has 3 amide bonds. The van der Waals surface area contributed by atoms with Gasteiger partial charge in [-0.2, -0.15) is 4.31 Å². The lowest BCUT2D eigenvalue weighted by atomic mass is 10.3. The molecule has 0 aliphatic heterocycles. The number of benzene rings is 3. The minimum Gasteiger partial charge on any atom is -0.326 e. The zero-order chi connectivity index (χ0) is 24.6. The zero-order valence-electron chi connectivity index (χ0n) is 18.4. The van der Waals surface area contributed by atoms with Crippen LogP contribution >= 0.6 is 0 Å². The van der Waals surface area contributed by atoms with Crippen molar-refractivity contribution in [1.82, 2.24) is 4.31 Å². The molecular weight excluding hydrogens is 456 g/mol. The number of nitrogens with zero attached hydrogens (tertiary/aromatic N) is 1. The molecule has 34 heavy (non-hydrogen) atoms. The Hall–Kier alpha value is -4.02. The molecule has 0 aromatic heterocycles. The van der Waals surface area contributed by atoms with Crippen molar-refractivity contribution < 1.29 is 22.8 Å². The Morgan fingerprint density at radius 2 is 1.06 bits per heavy atom. The fraction of sp³-hybridized carbons (Fsp3) is 0.125. The van der Waals surface area contributed by atoms with Crippen molar-refractivity contribution in [1.29, 1.82) is 0 Å². The maximum atomic E-state index is 13.3. The number of amides is 3. The van der Waals surface area contributed by atoms with Gasteiger partial charge in [0.05, 0.1) is 18.0 Å². The van der Waals surface area contributed by atoms with Gasteiger partial charge in [0, 0.05) is 24.0 Å². The number of hydrogen-bond donors (Lipinski definition) is 3. The van der Waals surface area contributed by atoms with E-state index in [1.807, 2.05) is 0 Å². The van der Waals surface area contributed by atoms with Crippen LogP contribution in [0.4, 0.5) is 17.1 Å². The van der Waals surface area contributed by atoms with Crippen molar-refractivity contribution in [2.24, 2.45) is 0 Å². The van der Waals surface area contributed by atoms with Gasteiger partial charge in [0.25, 0.3) is 0 Å². The molecule has 0 saturated carbocycles. The topological polar surface area (TPSA) is 125 Å². The molecule has 0 saturated heterocycles. The molecule has 0 bridgehead atoms. The highest BCUT2D eigenvalue weighted by Crippen LogP contribution is 2.19. The second-order valence-corrected chi connectivity index (χ2v) is 9.25. The number of hydrogen-bond acceptors (Lipinski definition) is 5. The molecule has 3 aromatic rings. The number of carbonyl (C=O) groups excluding carboxylic acids is 3. The first-order valence-electron chi connectivity index (χ1n) is 10.3. The normalized spacial score (nSPS) is 11.0. The lowest BCUT2D eigenvalue weighted by Crippen LogP contribution is -2.42. The fourth-order valence-corrected chi connectivity index (χ4v) is 4.41. The Bertz CT molecular complexity index is 1190. The number of carbonyl (C=O) groups is 3. The molecule has 0 aliphatic rings. The van der Waals surface area contributed by atoms with Gasteiger partial charge in [0.2, 0.25) is 27.7 Å². The molecule has 0 heterocycles. The summed E-state index contributed by atoms with van der Waals surface area (Å²) < 4.78 is 27.4. The molecule has 0 fully saturated rings. The van der Waals surface area contributed by atoms with E-state index in [0.29, 0.717) is 17.1 Å². The molecule has 0 radical (unpaired) electrons. The van der Waals surface area contributed by atoms with E-state index in [4.69, 9.17) is 0 Å². The Morgan fingerprint density at radius 1 is 0.647 bits per heavy atom. The van der Waals surface area contributed by atoms with E-state index in [2.05, 4.69) is 16.0 Å². The van der Waals surface area contributed by atoms with E-state index < -0.39 is 34.9 Å². The first-order valence-corrected chi connectivity index (χ1v) is 11.8. The number of para-hydroxylation sites is 2. The van der Waals surface area contributed by atoms with Crippen molar-refractivity contribution in [3.63, 3.8) is 0 Å². The van der Waals surface area contributed by atoms with Crippen molar-refractivity contribution >= 4 is 44.8 Å². The molecule has 10 heteroatoms. The van der Waals surface area contributed by atoms with Crippen molar-refractivity contribution in [2.75, 3.05) is 29.0 Å². The summed E-state index contributed by atoms with van der Waals surface area (Å²) in [6.45, 7) is 0.183. The van der Waals surface area contributed by atoms with E-state index >= 15 is 0 Å². The number of rotatable bonds is 9. The Balaban J connectivity index is 1.82. The number of nitrogens with one attached hydrogen (secondary N) is 3. The van der Waals surface area contributed by atoms with Crippen molar-refractivity contribution in [3.05, 3.63) is 84.9 Å². The van der Waals surface area contributed by atoms with Crippen LogP contribution in [-0.2, 0) is 24.4 Å². The summed E-state index contributed by atoms with van der Waals surface area (Å²) in [7, 11) is -4.22. The Kier molecular flexibility index (Phi) is 8.12. The summed E-state index contributed by atoms with van der Waals surface area (Å²) in [6.07, 6.45) is 0. The quantitative estimate of drug-likeness (QED) is 0.434. The van der Waals surface area contributed by atoms with Crippen LogP contribution in [0.1, 0.15) is 6.92 Å². The van der Waals surface area contributed by atoms with Crippen LogP contribution in [0.5, 0.6) is 0 Å². The van der Waals surface area contributed by atoms with Gasteiger partial charge in [-0.25, -0.2) is 8.42 Å². The van der Waals surface area contributed by atoms with Gasteiger partial charge >= 0.3 is 0 Å². The first-order chi connectivity index (χ1) is 16.2. The highest BCUT2D eigenvalue weighted by molar-refractivity contribution is 7.89. The monoisotopic (exact) mass is 480 g/mol. The summed E-state index contributed by atoms with van der Waals surface area (Å²) in [6, 6.07) is 22.6. The third kappa shape index (κ3) is 6.99. The highest BCUT2D eigenvalue weighted by atomic mass is 32.2. The molecule has 3 rings (SSSR count). The number of sulfonamides is 1. The SMILES string of the molecule is CC(=O)Nc1ccc(S(=O)(=O)N(CC(=O)Nc2ccccc2)CC(=O)Nc2ccccc2)cc1. The van der Waals surface area contributed by atoms with Crippen LogP contribution in [0.2, 0.25) is 0 Å². The van der Waals surface area contributed by atoms with E-state index in [0.717, 1.165) is 4.31 Å². The van der Waals surface area contributed by atoms with Gasteiger partial charge in [-0.15, -0.1) is 0 Å². The predicted octanol–water partition coefficient (Wildman–Crippen LogP) is 2.91. The minimum atomic E-state index is -4.22. The van der Waals surface area contributed by atoms with E-state index in [9.17, 15) is 22.8 Å². The summed E-state index contributed by atoms with van der Waals surface area (Å²) in [5.41, 5.74) is 1.41. The van der Waals surface area contributed by atoms with Gasteiger partial charge < -0.3 is 16.0 Å². The van der Waals surface area contributed by atoms with Crippen LogP contribution in [-0.4, -0.2) is 43.5 Å². The molecule has 3 N–H and O–H groups in total. The second kappa shape index (κ2) is 11.2. The van der Waals surface area contributed by atoms with Gasteiger partial charge in [0.15, 0.2) is 0 Å². The maximum Gasteiger partial charge on any atom is 0.244 e. The standard InChI is InChI=1S/C24H24N4O5S/c1-18(29)25-21-12-14-22(15-13-21)34(32,33)28(16-23(30)26-19-8-4-2-5-9-19)17-24(31)27-20-10-6-3-7-11-20/h2-15H,16-17H2,1H3,(H,25,29)(H,26,30)(H,27,31). The van der Waals surface area contributed by atoms with Gasteiger partial charge in [0.1, 0.15) is 0 Å². The third-order valence-electron chi connectivity index (χ3n) is 4.57. The Morgan fingerprint density at radius 3 is 1.47 bits per heavy atom. The second-order valence-electron chi connectivity index (χ2n) is 7.31. The van der Waals surface area contributed by atoms with Crippen LogP contribution in [0.15, 0.2) is 89.8 Å². The molecule has 0 spiro atoms. The van der Waals surface area contributed by atoms with E-state index in [1.54, 1.807) is 60.7 Å². The van der Waals surface area contributed by atoms with Gasteiger partial charge in [-0.3, -0.25) is 14.4 Å². The molecule has 3 aromatic carbocycles. The largest absolute Gasteiger partial charge is 0.326 e. The first kappa shape index (κ1) is 24.6. The van der Waals surface area contributed by atoms with Crippen molar-refractivity contribution in [2.45, 2.75) is 11.8 Å². The average Bonchev–Trinajstić information content (AvgIpc) is 2.80. The third-order valence-corrected chi connectivity index (χ3v) is 6.37. The van der Waals surface area contributed by atoms with Crippen LogP contribution in [0.3, 0.4) is 0 Å².